The summed E-state index contributed by atoms with van der Waals surface area (Å²) in [6, 6.07) is 3.47. The van der Waals surface area contributed by atoms with Gasteiger partial charge in [0.1, 0.15) is 0 Å². The van der Waals surface area contributed by atoms with Crippen molar-refractivity contribution in [3.63, 3.8) is 0 Å². The van der Waals surface area contributed by atoms with Crippen LogP contribution < -0.4 is 11.1 Å². The van der Waals surface area contributed by atoms with Crippen LogP contribution in [-0.4, -0.2) is 23.0 Å². The van der Waals surface area contributed by atoms with Crippen LogP contribution in [0.25, 0.3) is 0 Å². The number of nitrogens with two attached hydrogens (primary N) is 1. The first-order chi connectivity index (χ1) is 7.41. The number of hydrogen-bond acceptors (Lipinski definition) is 3. The maximum atomic E-state index is 11.3. The number of hydrogen-bond donors (Lipinski definition) is 3. The summed E-state index contributed by atoms with van der Waals surface area (Å²) in [6.45, 7) is 1.51. The minimum atomic E-state index is -1.16. The van der Waals surface area contributed by atoms with E-state index in [1.807, 2.05) is 0 Å². The number of nitrogens with one attached hydrogen (secondary N) is 1. The number of carbonyl (C=O) groups excluding carboxylic acids is 1. The zero-order chi connectivity index (χ0) is 12.3. The van der Waals surface area contributed by atoms with Gasteiger partial charge in [-0.25, -0.2) is 4.79 Å². The third-order valence-corrected chi connectivity index (χ3v) is 2.12. The topological polar surface area (TPSA) is 92.4 Å². The Hall–Kier alpha value is -1.59. The Morgan fingerprint density at radius 3 is 2.62 bits per heavy atom. The van der Waals surface area contributed by atoms with E-state index in [9.17, 15) is 9.59 Å². The lowest BCUT2D eigenvalue weighted by atomic mass is 10.1. The van der Waals surface area contributed by atoms with Crippen molar-refractivity contribution in [3.05, 3.63) is 28.8 Å². The standard InChI is InChI=1S/C10H11ClN2O3/c1-5(12)9(14)13-8-3-2-6(11)4-7(8)10(15)16/h2-5H,12H2,1H3,(H,13,14)(H,15,16)/t5-/m0/s1. The SMILES string of the molecule is C[C@H](N)C(=O)Nc1ccc(Cl)cc1C(=O)O. The monoisotopic (exact) mass is 242 g/mol. The van der Waals surface area contributed by atoms with Crippen molar-refractivity contribution in [2.75, 3.05) is 5.32 Å². The van der Waals surface area contributed by atoms with Gasteiger partial charge in [-0.2, -0.15) is 0 Å². The number of amides is 1. The third kappa shape index (κ3) is 2.95. The largest absolute Gasteiger partial charge is 0.478 e. The van der Waals surface area contributed by atoms with Gasteiger partial charge in [0.2, 0.25) is 5.91 Å². The summed E-state index contributed by atoms with van der Waals surface area (Å²) in [4.78, 5) is 22.2. The van der Waals surface area contributed by atoms with Gasteiger partial charge in [-0.1, -0.05) is 11.6 Å². The van der Waals surface area contributed by atoms with Crippen LogP contribution in [0.4, 0.5) is 5.69 Å². The molecule has 0 saturated heterocycles. The molecule has 0 aromatic heterocycles. The number of halogens is 1. The molecule has 0 radical (unpaired) electrons. The number of anilines is 1. The molecule has 5 nitrogen and oxygen atoms in total. The number of carboxylic acid groups (broad SMARTS) is 1. The fourth-order valence-electron chi connectivity index (χ4n) is 1.05. The summed E-state index contributed by atoms with van der Waals surface area (Å²) < 4.78 is 0. The molecule has 86 valence electrons. The van der Waals surface area contributed by atoms with Crippen LogP contribution in [0.15, 0.2) is 18.2 Å². The van der Waals surface area contributed by atoms with Crippen molar-refractivity contribution in [1.82, 2.24) is 0 Å². The molecule has 4 N–H and O–H groups in total. The van der Waals surface area contributed by atoms with E-state index < -0.39 is 17.9 Å². The summed E-state index contributed by atoms with van der Waals surface area (Å²) in [6.07, 6.45) is 0. The quantitative estimate of drug-likeness (QED) is 0.745. The van der Waals surface area contributed by atoms with Gasteiger partial charge in [0, 0.05) is 5.02 Å². The number of aromatic carboxylic acids is 1. The molecule has 1 rings (SSSR count). The molecular formula is C10H11ClN2O3. The highest BCUT2D eigenvalue weighted by Gasteiger charge is 2.14. The van der Waals surface area contributed by atoms with Crippen LogP contribution in [0, 0.1) is 0 Å². The first kappa shape index (κ1) is 12.5. The summed E-state index contributed by atoms with van der Waals surface area (Å²) >= 11 is 5.66. The number of rotatable bonds is 3. The van der Waals surface area contributed by atoms with Crippen LogP contribution in [0.2, 0.25) is 5.02 Å². The van der Waals surface area contributed by atoms with E-state index in [0.717, 1.165) is 0 Å². The van der Waals surface area contributed by atoms with E-state index in [-0.39, 0.29) is 16.3 Å². The molecule has 1 aromatic carbocycles. The molecule has 0 bridgehead atoms. The summed E-state index contributed by atoms with van der Waals surface area (Å²) in [5.74, 6) is -1.62. The Morgan fingerprint density at radius 2 is 2.12 bits per heavy atom. The van der Waals surface area contributed by atoms with Crippen LogP contribution in [0.1, 0.15) is 17.3 Å². The first-order valence-electron chi connectivity index (χ1n) is 4.51. The van der Waals surface area contributed by atoms with E-state index >= 15 is 0 Å². The zero-order valence-corrected chi connectivity index (χ0v) is 9.28. The van der Waals surface area contributed by atoms with Crippen molar-refractivity contribution in [2.45, 2.75) is 13.0 Å². The highest BCUT2D eigenvalue weighted by Crippen LogP contribution is 2.20. The molecule has 0 heterocycles. The molecule has 0 aliphatic carbocycles. The Balaban J connectivity index is 3.04. The van der Waals surface area contributed by atoms with Crippen molar-refractivity contribution in [2.24, 2.45) is 5.73 Å². The fourth-order valence-corrected chi connectivity index (χ4v) is 1.22. The number of benzene rings is 1. The Bertz CT molecular complexity index is 432. The average Bonchev–Trinajstić information content (AvgIpc) is 2.20. The maximum absolute atomic E-state index is 11.3. The maximum Gasteiger partial charge on any atom is 0.337 e. The highest BCUT2D eigenvalue weighted by molar-refractivity contribution is 6.31. The third-order valence-electron chi connectivity index (χ3n) is 1.88. The second kappa shape index (κ2) is 4.96. The first-order valence-corrected chi connectivity index (χ1v) is 4.89. The summed E-state index contributed by atoms with van der Waals surface area (Å²) in [7, 11) is 0. The van der Waals surface area contributed by atoms with E-state index in [0.29, 0.717) is 0 Å². The van der Waals surface area contributed by atoms with Gasteiger partial charge in [-0.05, 0) is 25.1 Å². The second-order valence-electron chi connectivity index (χ2n) is 3.27. The zero-order valence-electron chi connectivity index (χ0n) is 8.53. The lowest BCUT2D eigenvalue weighted by molar-refractivity contribution is -0.117. The van der Waals surface area contributed by atoms with Crippen molar-refractivity contribution in [1.29, 1.82) is 0 Å². The van der Waals surface area contributed by atoms with Gasteiger partial charge in [0.05, 0.1) is 17.3 Å². The van der Waals surface area contributed by atoms with Crippen LogP contribution in [0.5, 0.6) is 0 Å². The van der Waals surface area contributed by atoms with Crippen molar-refractivity contribution < 1.29 is 14.7 Å². The molecule has 0 spiro atoms. The molecule has 0 fully saturated rings. The van der Waals surface area contributed by atoms with E-state index in [2.05, 4.69) is 5.32 Å². The van der Waals surface area contributed by atoms with E-state index in [4.69, 9.17) is 22.4 Å². The molecule has 16 heavy (non-hydrogen) atoms. The summed E-state index contributed by atoms with van der Waals surface area (Å²) in [5.41, 5.74) is 5.47. The Morgan fingerprint density at radius 1 is 1.50 bits per heavy atom. The molecule has 1 amide bonds. The Kier molecular flexibility index (Phi) is 3.87. The van der Waals surface area contributed by atoms with Gasteiger partial charge in [-0.3, -0.25) is 4.79 Å². The molecule has 1 aromatic rings. The van der Waals surface area contributed by atoms with Gasteiger partial charge in [0.15, 0.2) is 0 Å². The number of carboxylic acids is 1. The lowest BCUT2D eigenvalue weighted by Gasteiger charge is -2.10. The van der Waals surface area contributed by atoms with Crippen molar-refractivity contribution in [3.8, 4) is 0 Å². The van der Waals surface area contributed by atoms with Gasteiger partial charge >= 0.3 is 5.97 Å². The van der Waals surface area contributed by atoms with Crippen molar-refractivity contribution >= 4 is 29.2 Å². The van der Waals surface area contributed by atoms with Crippen LogP contribution in [0.3, 0.4) is 0 Å². The molecule has 0 aliphatic rings. The normalized spacial score (nSPS) is 11.9. The molecule has 0 unspecified atom stereocenters. The van der Waals surface area contributed by atoms with E-state index in [1.165, 1.54) is 25.1 Å². The lowest BCUT2D eigenvalue weighted by Crippen LogP contribution is -2.33. The molecular weight excluding hydrogens is 232 g/mol. The minimum absolute atomic E-state index is 0.0681. The molecule has 0 saturated carbocycles. The minimum Gasteiger partial charge on any atom is -0.478 e. The van der Waals surface area contributed by atoms with Gasteiger partial charge in [0.25, 0.3) is 0 Å². The smallest absolute Gasteiger partial charge is 0.337 e. The average molecular weight is 243 g/mol. The molecule has 1 atom stereocenters. The van der Waals surface area contributed by atoms with Gasteiger partial charge < -0.3 is 16.2 Å². The predicted octanol–water partition coefficient (Wildman–Crippen LogP) is 1.32. The van der Waals surface area contributed by atoms with Gasteiger partial charge in [-0.15, -0.1) is 0 Å². The van der Waals surface area contributed by atoms with Crippen LogP contribution in [-0.2, 0) is 4.79 Å². The summed E-state index contributed by atoms with van der Waals surface area (Å²) in [5, 5.41) is 11.6. The van der Waals surface area contributed by atoms with E-state index in [1.54, 1.807) is 0 Å². The highest BCUT2D eigenvalue weighted by atomic mass is 35.5. The predicted molar refractivity (Wildman–Crippen MR) is 60.7 cm³/mol. The second-order valence-corrected chi connectivity index (χ2v) is 3.71. The molecule has 6 heteroatoms. The fraction of sp³-hybridized carbons (Fsp3) is 0.200. The number of carbonyl (C=O) groups is 2. The molecule has 0 aliphatic heterocycles. The Labute approximate surface area is 97.2 Å². The van der Waals surface area contributed by atoms with Crippen LogP contribution >= 0.6 is 11.6 Å².